The molecule has 6 nitrogen and oxygen atoms in total. The van der Waals surface area contributed by atoms with Gasteiger partial charge >= 0.3 is 0 Å². The van der Waals surface area contributed by atoms with Crippen LogP contribution in [0.15, 0.2) is 23.2 Å². The van der Waals surface area contributed by atoms with Gasteiger partial charge < -0.3 is 15.5 Å². The summed E-state index contributed by atoms with van der Waals surface area (Å²) in [5, 5.41) is 6.14. The van der Waals surface area contributed by atoms with Crippen LogP contribution in [0, 0.1) is 12.3 Å². The number of thiazole rings is 1. The van der Waals surface area contributed by atoms with E-state index in [1.165, 1.54) is 4.88 Å². The number of nitrogens with zero attached hydrogens (tertiary/aromatic N) is 2. The number of aryl methyl sites for hydroxylation is 1. The molecular weight excluding hydrogens is 396 g/mol. The Morgan fingerprint density at radius 1 is 1.33 bits per heavy atom. The molecule has 30 heavy (non-hydrogen) atoms. The molecule has 2 amide bonds. The van der Waals surface area contributed by atoms with E-state index in [0.717, 1.165) is 23.3 Å². The lowest BCUT2D eigenvalue weighted by Crippen LogP contribution is -2.55. The van der Waals surface area contributed by atoms with Gasteiger partial charge in [0.25, 0.3) is 0 Å². The Bertz CT molecular complexity index is 819. The lowest BCUT2D eigenvalue weighted by atomic mass is 9.86. The van der Waals surface area contributed by atoms with Crippen molar-refractivity contribution >= 4 is 28.7 Å². The van der Waals surface area contributed by atoms with Crippen molar-refractivity contribution in [3.8, 4) is 0 Å². The number of carbonyl (C=O) groups excluding carboxylic acids is 2. The van der Waals surface area contributed by atoms with Crippen molar-refractivity contribution in [1.29, 1.82) is 0 Å². The van der Waals surface area contributed by atoms with E-state index < -0.39 is 0 Å². The first-order valence-electron chi connectivity index (χ1n) is 10.6. The summed E-state index contributed by atoms with van der Waals surface area (Å²) in [7, 11) is 1.80. The van der Waals surface area contributed by atoms with Gasteiger partial charge in [0.2, 0.25) is 11.8 Å². The number of carbonyl (C=O) groups is 2. The molecule has 7 heteroatoms. The first-order chi connectivity index (χ1) is 14.1. The fraction of sp³-hybridized carbons (Fsp3) is 0.609. The summed E-state index contributed by atoms with van der Waals surface area (Å²) in [6, 6.07) is -0.698. The lowest BCUT2D eigenvalue weighted by molar-refractivity contribution is -0.141. The maximum atomic E-state index is 13.1. The third-order valence-electron chi connectivity index (χ3n) is 5.50. The molecule has 0 unspecified atom stereocenters. The topological polar surface area (TPSA) is 74.3 Å². The van der Waals surface area contributed by atoms with Crippen molar-refractivity contribution in [2.24, 2.45) is 5.41 Å². The predicted molar refractivity (Wildman–Crippen MR) is 124 cm³/mol. The van der Waals surface area contributed by atoms with Crippen LogP contribution >= 0.6 is 11.3 Å². The second kappa shape index (κ2) is 10.4. The van der Waals surface area contributed by atoms with Crippen LogP contribution < -0.4 is 10.6 Å². The van der Waals surface area contributed by atoms with E-state index in [1.54, 1.807) is 23.3 Å². The van der Waals surface area contributed by atoms with Crippen molar-refractivity contribution < 1.29 is 9.59 Å². The van der Waals surface area contributed by atoms with Gasteiger partial charge in [0.15, 0.2) is 0 Å². The molecule has 2 heterocycles. The van der Waals surface area contributed by atoms with Crippen molar-refractivity contribution in [2.75, 3.05) is 20.1 Å². The molecule has 0 bridgehead atoms. The zero-order valence-corrected chi connectivity index (χ0v) is 20.2. The highest BCUT2D eigenvalue weighted by atomic mass is 32.1. The third kappa shape index (κ3) is 6.01. The lowest BCUT2D eigenvalue weighted by Gasteiger charge is -2.34. The number of likely N-dealkylation sites (N-methyl/N-ethyl adjacent to an activating group) is 1. The molecule has 1 aliphatic heterocycles. The molecule has 166 valence electrons. The zero-order chi connectivity index (χ0) is 22.5. The zero-order valence-electron chi connectivity index (χ0n) is 19.3. The average molecular weight is 433 g/mol. The van der Waals surface area contributed by atoms with Crippen LogP contribution in [0.3, 0.4) is 0 Å². The molecule has 2 atom stereocenters. The normalized spacial score (nSPS) is 19.2. The van der Waals surface area contributed by atoms with Crippen LogP contribution in [0.25, 0.3) is 5.57 Å². The van der Waals surface area contributed by atoms with Crippen molar-refractivity contribution in [3.63, 3.8) is 0 Å². The van der Waals surface area contributed by atoms with E-state index in [0.29, 0.717) is 19.5 Å². The minimum atomic E-state index is -0.388. The maximum Gasteiger partial charge on any atom is 0.243 e. The molecule has 1 aromatic rings. The SMILES string of the molecule is CN[C@H](C(=O)N1CCC[C@H]1C(=O)NC/C(C)=C/C=C(\C)c1scnc1C)C(C)(C)C. The highest BCUT2D eigenvalue weighted by Gasteiger charge is 2.40. The molecule has 1 aromatic heterocycles. The van der Waals surface area contributed by atoms with Crippen LogP contribution in [-0.4, -0.2) is 53.9 Å². The summed E-state index contributed by atoms with van der Waals surface area (Å²) in [6.07, 6.45) is 5.66. The molecule has 2 N–H and O–H groups in total. The smallest absolute Gasteiger partial charge is 0.243 e. The summed E-state index contributed by atoms with van der Waals surface area (Å²) >= 11 is 1.63. The van der Waals surface area contributed by atoms with Crippen molar-refractivity contribution in [1.82, 2.24) is 20.5 Å². The van der Waals surface area contributed by atoms with Crippen LogP contribution in [-0.2, 0) is 9.59 Å². The quantitative estimate of drug-likeness (QED) is 0.646. The number of hydrogen-bond acceptors (Lipinski definition) is 5. The molecule has 0 aliphatic carbocycles. The van der Waals surface area contributed by atoms with Gasteiger partial charge in [-0.1, -0.05) is 38.5 Å². The number of nitrogens with one attached hydrogen (secondary N) is 2. The molecule has 0 saturated carbocycles. The number of likely N-dealkylation sites (tertiary alicyclic amines) is 1. The summed E-state index contributed by atoms with van der Waals surface area (Å²) in [5.41, 5.74) is 4.90. The van der Waals surface area contributed by atoms with Gasteiger partial charge in [-0.25, -0.2) is 4.98 Å². The highest BCUT2D eigenvalue weighted by molar-refractivity contribution is 7.10. The summed E-state index contributed by atoms with van der Waals surface area (Å²) in [6.45, 7) is 13.3. The number of rotatable bonds is 7. The number of aromatic nitrogens is 1. The van der Waals surface area contributed by atoms with Crippen molar-refractivity contribution in [2.45, 2.75) is 66.5 Å². The fourth-order valence-electron chi connectivity index (χ4n) is 3.82. The molecule has 0 aromatic carbocycles. The van der Waals surface area contributed by atoms with E-state index in [-0.39, 0.29) is 29.3 Å². The van der Waals surface area contributed by atoms with Gasteiger partial charge in [-0.05, 0) is 51.6 Å². The second-order valence-corrected chi connectivity index (χ2v) is 9.98. The number of hydrogen-bond donors (Lipinski definition) is 2. The average Bonchev–Trinajstić information content (AvgIpc) is 3.32. The maximum absolute atomic E-state index is 13.1. The van der Waals surface area contributed by atoms with E-state index in [1.807, 2.05) is 46.2 Å². The van der Waals surface area contributed by atoms with Gasteiger partial charge in [0.1, 0.15) is 6.04 Å². The van der Waals surface area contributed by atoms with Crippen LogP contribution in [0.5, 0.6) is 0 Å². The van der Waals surface area contributed by atoms with E-state index in [4.69, 9.17) is 0 Å². The van der Waals surface area contributed by atoms with Gasteiger partial charge in [0.05, 0.1) is 22.1 Å². The van der Waals surface area contributed by atoms with E-state index in [2.05, 4.69) is 28.6 Å². The number of allylic oxidation sites excluding steroid dienone is 3. The van der Waals surface area contributed by atoms with Crippen LogP contribution in [0.1, 0.15) is 58.0 Å². The van der Waals surface area contributed by atoms with Gasteiger partial charge in [-0.2, -0.15) is 0 Å². The minimum Gasteiger partial charge on any atom is -0.351 e. The standard InChI is InChI=1S/C23H36N4O2S/c1-15(10-11-16(2)19-17(3)26-14-30-19)13-25-21(28)18-9-8-12-27(18)22(29)20(24-7)23(4,5)6/h10-11,14,18,20,24H,8-9,12-13H2,1-7H3,(H,25,28)/b15-10+,16-11+/t18-,20+/m0/s1. The molecule has 0 spiro atoms. The summed E-state index contributed by atoms with van der Waals surface area (Å²) in [5.74, 6) is -0.0650. The highest BCUT2D eigenvalue weighted by Crippen LogP contribution is 2.26. The van der Waals surface area contributed by atoms with Gasteiger partial charge in [0, 0.05) is 13.1 Å². The first kappa shape index (κ1) is 24.3. The second-order valence-electron chi connectivity index (χ2n) is 9.12. The summed E-state index contributed by atoms with van der Waals surface area (Å²) in [4.78, 5) is 33.1. The van der Waals surface area contributed by atoms with Gasteiger partial charge in [-0.15, -0.1) is 11.3 Å². The molecule has 0 radical (unpaired) electrons. The Kier molecular flexibility index (Phi) is 8.38. The Balaban J connectivity index is 1.98. The largest absolute Gasteiger partial charge is 0.351 e. The predicted octanol–water partition coefficient (Wildman–Crippen LogP) is 3.54. The minimum absolute atomic E-state index is 0.00778. The molecule has 1 fully saturated rings. The Labute approximate surface area is 184 Å². The third-order valence-corrected chi connectivity index (χ3v) is 6.57. The van der Waals surface area contributed by atoms with E-state index in [9.17, 15) is 9.59 Å². The Morgan fingerprint density at radius 3 is 2.60 bits per heavy atom. The molecular formula is C23H36N4O2S. The van der Waals surface area contributed by atoms with Crippen LogP contribution in [0.4, 0.5) is 0 Å². The molecule has 1 aliphatic rings. The van der Waals surface area contributed by atoms with Crippen molar-refractivity contribution in [3.05, 3.63) is 33.8 Å². The van der Waals surface area contributed by atoms with E-state index >= 15 is 0 Å². The Hall–Kier alpha value is -1.99. The monoisotopic (exact) mass is 432 g/mol. The van der Waals surface area contributed by atoms with Crippen LogP contribution in [0.2, 0.25) is 0 Å². The Morgan fingerprint density at radius 2 is 2.03 bits per heavy atom. The van der Waals surface area contributed by atoms with Gasteiger partial charge in [-0.3, -0.25) is 9.59 Å². The fourth-order valence-corrected chi connectivity index (χ4v) is 4.62. The molecule has 1 saturated heterocycles. The number of amides is 2. The molecule has 2 rings (SSSR count). The summed E-state index contributed by atoms with van der Waals surface area (Å²) < 4.78 is 0. The first-order valence-corrected chi connectivity index (χ1v) is 11.4.